The maximum Gasteiger partial charge on any atom is 0.335 e. The molecular weight excluding hydrogens is 330 g/mol. The van der Waals surface area contributed by atoms with Crippen molar-refractivity contribution in [3.05, 3.63) is 41.0 Å². The standard InChI is InChI=1S/C21H27NO4/c1-14(2)25-17-9-7-16(8-10-17)13-22-19(23)18-15(3)20(24)26-21(18)11-5-4-6-12-21/h7-10,14H,4-6,11-13H2,1-3H3,(H,22,23). The molecule has 3 rings (SSSR count). The number of carbonyl (C=O) groups excluding carboxylic acids is 2. The minimum absolute atomic E-state index is 0.127. The van der Waals surface area contributed by atoms with Gasteiger partial charge >= 0.3 is 5.97 Å². The molecule has 1 aliphatic heterocycles. The van der Waals surface area contributed by atoms with Gasteiger partial charge in [0.05, 0.1) is 11.7 Å². The number of carbonyl (C=O) groups is 2. The molecule has 140 valence electrons. The molecule has 1 aliphatic carbocycles. The van der Waals surface area contributed by atoms with Gasteiger partial charge in [0, 0.05) is 12.1 Å². The summed E-state index contributed by atoms with van der Waals surface area (Å²) in [5, 5.41) is 2.95. The molecule has 1 heterocycles. The fourth-order valence-electron chi connectivity index (χ4n) is 3.83. The molecule has 1 aromatic rings. The van der Waals surface area contributed by atoms with Crippen molar-refractivity contribution >= 4 is 11.9 Å². The molecule has 0 bridgehead atoms. The molecule has 0 unspecified atom stereocenters. The van der Waals surface area contributed by atoms with Crippen LogP contribution in [0.2, 0.25) is 0 Å². The quantitative estimate of drug-likeness (QED) is 0.817. The first kappa shape index (κ1) is 18.5. The van der Waals surface area contributed by atoms with E-state index >= 15 is 0 Å². The summed E-state index contributed by atoms with van der Waals surface area (Å²) in [5.74, 6) is 0.259. The zero-order chi connectivity index (χ0) is 18.7. The third kappa shape index (κ3) is 3.76. The lowest BCUT2D eigenvalue weighted by atomic mass is 9.78. The highest BCUT2D eigenvalue weighted by atomic mass is 16.6. The summed E-state index contributed by atoms with van der Waals surface area (Å²) in [6.07, 6.45) is 4.68. The number of benzene rings is 1. The maximum atomic E-state index is 12.8. The summed E-state index contributed by atoms with van der Waals surface area (Å²) in [4.78, 5) is 24.9. The topological polar surface area (TPSA) is 64.6 Å². The van der Waals surface area contributed by atoms with Gasteiger partial charge in [-0.25, -0.2) is 4.79 Å². The third-order valence-corrected chi connectivity index (χ3v) is 5.06. The minimum atomic E-state index is -0.710. The van der Waals surface area contributed by atoms with Crippen LogP contribution in [0.3, 0.4) is 0 Å². The number of ether oxygens (including phenoxy) is 2. The molecule has 5 nitrogen and oxygen atoms in total. The highest BCUT2D eigenvalue weighted by Crippen LogP contribution is 2.43. The Labute approximate surface area is 154 Å². The Morgan fingerprint density at radius 2 is 1.85 bits per heavy atom. The average Bonchev–Trinajstić information content (AvgIpc) is 2.84. The van der Waals surface area contributed by atoms with Crippen molar-refractivity contribution in [2.24, 2.45) is 0 Å². The Kier molecular flexibility index (Phi) is 5.35. The number of rotatable bonds is 5. The van der Waals surface area contributed by atoms with Gasteiger partial charge in [0.25, 0.3) is 5.91 Å². The lowest BCUT2D eigenvalue weighted by molar-refractivity contribution is -0.149. The average molecular weight is 357 g/mol. The summed E-state index contributed by atoms with van der Waals surface area (Å²) >= 11 is 0. The predicted molar refractivity (Wildman–Crippen MR) is 98.7 cm³/mol. The van der Waals surface area contributed by atoms with E-state index in [1.807, 2.05) is 38.1 Å². The summed E-state index contributed by atoms with van der Waals surface area (Å²) in [5.41, 5.74) is 1.25. The van der Waals surface area contributed by atoms with Gasteiger partial charge in [-0.1, -0.05) is 18.6 Å². The number of amides is 1. The smallest absolute Gasteiger partial charge is 0.335 e. The van der Waals surface area contributed by atoms with Crippen LogP contribution in [0.5, 0.6) is 5.75 Å². The Morgan fingerprint density at radius 3 is 2.46 bits per heavy atom. The van der Waals surface area contributed by atoms with Gasteiger partial charge in [-0.15, -0.1) is 0 Å². The molecule has 1 spiro atoms. The van der Waals surface area contributed by atoms with Crippen LogP contribution in [0.1, 0.15) is 58.4 Å². The lowest BCUT2D eigenvalue weighted by Crippen LogP contribution is -2.41. The molecule has 1 aromatic carbocycles. The van der Waals surface area contributed by atoms with Crippen LogP contribution >= 0.6 is 0 Å². The van der Waals surface area contributed by atoms with Gasteiger partial charge in [-0.2, -0.15) is 0 Å². The molecule has 1 N–H and O–H groups in total. The summed E-state index contributed by atoms with van der Waals surface area (Å²) < 4.78 is 11.3. The second-order valence-corrected chi connectivity index (χ2v) is 7.44. The fraction of sp³-hybridized carbons (Fsp3) is 0.524. The Balaban J connectivity index is 1.68. The monoisotopic (exact) mass is 357 g/mol. The van der Waals surface area contributed by atoms with Gasteiger partial charge in [-0.05, 0) is 64.2 Å². The summed E-state index contributed by atoms with van der Waals surface area (Å²) in [7, 11) is 0. The van der Waals surface area contributed by atoms with Gasteiger partial charge < -0.3 is 14.8 Å². The van der Waals surface area contributed by atoms with Crippen LogP contribution in [0, 0.1) is 0 Å². The van der Waals surface area contributed by atoms with Crippen molar-refractivity contribution in [1.82, 2.24) is 5.32 Å². The highest BCUT2D eigenvalue weighted by Gasteiger charge is 2.49. The molecule has 1 saturated carbocycles. The van der Waals surface area contributed by atoms with Crippen molar-refractivity contribution in [3.8, 4) is 5.75 Å². The number of esters is 1. The first-order valence-electron chi connectivity index (χ1n) is 9.40. The van der Waals surface area contributed by atoms with Crippen LogP contribution in [0.15, 0.2) is 35.4 Å². The van der Waals surface area contributed by atoms with E-state index in [2.05, 4.69) is 5.32 Å². The minimum Gasteiger partial charge on any atom is -0.491 e. The lowest BCUT2D eigenvalue weighted by Gasteiger charge is -2.34. The highest BCUT2D eigenvalue weighted by molar-refractivity contribution is 6.07. The van der Waals surface area contributed by atoms with Crippen LogP contribution in [0.4, 0.5) is 0 Å². The van der Waals surface area contributed by atoms with E-state index in [1.54, 1.807) is 6.92 Å². The van der Waals surface area contributed by atoms with Gasteiger partial charge in [-0.3, -0.25) is 4.79 Å². The number of nitrogens with one attached hydrogen (secondary N) is 1. The zero-order valence-corrected chi connectivity index (χ0v) is 15.8. The molecule has 0 aromatic heterocycles. The predicted octanol–water partition coefficient (Wildman–Crippen LogP) is 3.67. The Bertz CT molecular complexity index is 712. The third-order valence-electron chi connectivity index (χ3n) is 5.06. The van der Waals surface area contributed by atoms with E-state index in [4.69, 9.17) is 9.47 Å². The molecular formula is C21H27NO4. The molecule has 5 heteroatoms. The molecule has 1 fully saturated rings. The van der Waals surface area contributed by atoms with Crippen LogP contribution in [-0.4, -0.2) is 23.6 Å². The number of hydrogen-bond donors (Lipinski definition) is 1. The second kappa shape index (κ2) is 7.52. The van der Waals surface area contributed by atoms with E-state index in [9.17, 15) is 9.59 Å². The normalized spacial score (nSPS) is 19.0. The van der Waals surface area contributed by atoms with Crippen molar-refractivity contribution in [2.45, 2.75) is 71.1 Å². The SMILES string of the molecule is CC1=C(C(=O)NCc2ccc(OC(C)C)cc2)C2(CCCCC2)OC1=O. The Hall–Kier alpha value is -2.30. The van der Waals surface area contributed by atoms with E-state index < -0.39 is 5.60 Å². The van der Waals surface area contributed by atoms with Gasteiger partial charge in [0.2, 0.25) is 0 Å². The van der Waals surface area contributed by atoms with Crippen LogP contribution < -0.4 is 10.1 Å². The molecule has 2 aliphatic rings. The molecule has 0 radical (unpaired) electrons. The first-order valence-corrected chi connectivity index (χ1v) is 9.40. The Morgan fingerprint density at radius 1 is 1.19 bits per heavy atom. The molecule has 0 saturated heterocycles. The summed E-state index contributed by atoms with van der Waals surface area (Å²) in [6, 6.07) is 7.67. The molecule has 1 amide bonds. The van der Waals surface area contributed by atoms with E-state index in [0.29, 0.717) is 17.7 Å². The van der Waals surface area contributed by atoms with Crippen LogP contribution in [0.25, 0.3) is 0 Å². The summed E-state index contributed by atoms with van der Waals surface area (Å²) in [6.45, 7) is 6.06. The van der Waals surface area contributed by atoms with E-state index in [-0.39, 0.29) is 18.0 Å². The van der Waals surface area contributed by atoms with Crippen molar-refractivity contribution in [1.29, 1.82) is 0 Å². The van der Waals surface area contributed by atoms with Crippen molar-refractivity contribution in [2.75, 3.05) is 0 Å². The second-order valence-electron chi connectivity index (χ2n) is 7.44. The van der Waals surface area contributed by atoms with Gasteiger partial charge in [0.15, 0.2) is 0 Å². The van der Waals surface area contributed by atoms with Crippen molar-refractivity contribution < 1.29 is 19.1 Å². The largest absolute Gasteiger partial charge is 0.491 e. The van der Waals surface area contributed by atoms with E-state index in [1.165, 1.54) is 0 Å². The zero-order valence-electron chi connectivity index (χ0n) is 15.8. The maximum absolute atomic E-state index is 12.8. The number of hydrogen-bond acceptors (Lipinski definition) is 4. The molecule has 26 heavy (non-hydrogen) atoms. The molecule has 0 atom stereocenters. The fourth-order valence-corrected chi connectivity index (χ4v) is 3.83. The van der Waals surface area contributed by atoms with Crippen LogP contribution in [-0.2, 0) is 20.9 Å². The van der Waals surface area contributed by atoms with Crippen molar-refractivity contribution in [3.63, 3.8) is 0 Å². The van der Waals surface area contributed by atoms with Gasteiger partial charge in [0.1, 0.15) is 11.4 Å². The first-order chi connectivity index (χ1) is 12.4. The van der Waals surface area contributed by atoms with E-state index in [0.717, 1.165) is 43.4 Å².